The van der Waals surface area contributed by atoms with Crippen LogP contribution in [-0.4, -0.2) is 44.1 Å². The Morgan fingerprint density at radius 3 is 3.10 bits per heavy atom. The van der Waals surface area contributed by atoms with Crippen LogP contribution in [0.2, 0.25) is 0 Å². The summed E-state index contributed by atoms with van der Waals surface area (Å²) in [5.41, 5.74) is 0. The van der Waals surface area contributed by atoms with Gasteiger partial charge in [-0.1, -0.05) is 6.07 Å². The molecule has 0 radical (unpaired) electrons. The molecular weight excluding hydrogens is 280 g/mol. The van der Waals surface area contributed by atoms with Gasteiger partial charge in [-0.25, -0.2) is 0 Å². The standard InChI is InChI=1S/C16H28N4S/c1-4-17-16(19-13(2)15-8-6-10-21-15)18-11-14-7-5-9-20(3)12-14/h6,8,10,13-14H,4-5,7,9,11-12H2,1-3H3,(H2,17,18,19). The van der Waals surface area contributed by atoms with Gasteiger partial charge in [-0.2, -0.15) is 0 Å². The zero-order valence-electron chi connectivity index (χ0n) is 13.4. The molecule has 2 heterocycles. The molecule has 4 nitrogen and oxygen atoms in total. The summed E-state index contributed by atoms with van der Waals surface area (Å²) in [5.74, 6) is 1.63. The molecule has 0 amide bonds. The SMILES string of the molecule is CCNC(=NCC1CCCN(C)C1)NC(C)c1cccs1. The molecule has 1 aliphatic rings. The van der Waals surface area contributed by atoms with E-state index < -0.39 is 0 Å². The van der Waals surface area contributed by atoms with E-state index in [0.29, 0.717) is 12.0 Å². The van der Waals surface area contributed by atoms with E-state index in [2.05, 4.69) is 53.9 Å². The number of likely N-dealkylation sites (tertiary alicyclic amines) is 1. The zero-order valence-corrected chi connectivity index (χ0v) is 14.2. The fourth-order valence-corrected chi connectivity index (χ4v) is 3.51. The van der Waals surface area contributed by atoms with Crippen molar-refractivity contribution in [2.45, 2.75) is 32.7 Å². The second kappa shape index (κ2) is 8.39. The molecule has 1 saturated heterocycles. The van der Waals surface area contributed by atoms with Crippen molar-refractivity contribution >= 4 is 17.3 Å². The Bertz CT molecular complexity index is 429. The molecule has 118 valence electrons. The van der Waals surface area contributed by atoms with Gasteiger partial charge in [0.25, 0.3) is 0 Å². The fraction of sp³-hybridized carbons (Fsp3) is 0.688. The van der Waals surface area contributed by atoms with Crippen LogP contribution in [0.3, 0.4) is 0 Å². The number of hydrogen-bond donors (Lipinski definition) is 2. The maximum absolute atomic E-state index is 4.79. The van der Waals surface area contributed by atoms with E-state index in [4.69, 9.17) is 4.99 Å². The topological polar surface area (TPSA) is 39.7 Å². The van der Waals surface area contributed by atoms with Gasteiger partial charge in [0.2, 0.25) is 0 Å². The Morgan fingerprint density at radius 1 is 1.57 bits per heavy atom. The Hall–Kier alpha value is -1.07. The highest BCUT2D eigenvalue weighted by molar-refractivity contribution is 7.10. The van der Waals surface area contributed by atoms with Crippen molar-refractivity contribution in [1.29, 1.82) is 0 Å². The van der Waals surface area contributed by atoms with Crippen molar-refractivity contribution in [1.82, 2.24) is 15.5 Å². The first kappa shape index (κ1) is 16.3. The Morgan fingerprint density at radius 2 is 2.43 bits per heavy atom. The third-order valence-electron chi connectivity index (χ3n) is 3.90. The Kier molecular flexibility index (Phi) is 6.51. The van der Waals surface area contributed by atoms with Crippen molar-refractivity contribution in [2.24, 2.45) is 10.9 Å². The molecule has 0 bridgehead atoms. The molecule has 21 heavy (non-hydrogen) atoms. The minimum Gasteiger partial charge on any atom is -0.357 e. The van der Waals surface area contributed by atoms with Crippen molar-refractivity contribution in [2.75, 3.05) is 33.2 Å². The summed E-state index contributed by atoms with van der Waals surface area (Å²) in [4.78, 5) is 8.55. The van der Waals surface area contributed by atoms with Gasteiger partial charge in [0.15, 0.2) is 5.96 Å². The first-order valence-electron chi connectivity index (χ1n) is 7.95. The predicted molar refractivity (Wildman–Crippen MR) is 92.1 cm³/mol. The lowest BCUT2D eigenvalue weighted by Crippen LogP contribution is -2.39. The minimum atomic E-state index is 0.303. The van der Waals surface area contributed by atoms with Gasteiger partial charge in [-0.15, -0.1) is 11.3 Å². The summed E-state index contributed by atoms with van der Waals surface area (Å²) in [5, 5.41) is 8.98. The van der Waals surface area contributed by atoms with E-state index in [1.165, 1.54) is 30.8 Å². The van der Waals surface area contributed by atoms with E-state index >= 15 is 0 Å². The van der Waals surface area contributed by atoms with Crippen LogP contribution in [0.15, 0.2) is 22.5 Å². The number of hydrogen-bond acceptors (Lipinski definition) is 3. The smallest absolute Gasteiger partial charge is 0.191 e. The van der Waals surface area contributed by atoms with Crippen LogP contribution in [0, 0.1) is 5.92 Å². The third kappa shape index (κ3) is 5.32. The highest BCUT2D eigenvalue weighted by atomic mass is 32.1. The normalized spacial score (nSPS) is 22.0. The molecular formula is C16H28N4S. The first-order valence-corrected chi connectivity index (χ1v) is 8.83. The lowest BCUT2D eigenvalue weighted by atomic mass is 9.99. The molecule has 2 N–H and O–H groups in total. The summed E-state index contributed by atoms with van der Waals surface area (Å²) in [6.45, 7) is 8.51. The maximum atomic E-state index is 4.79. The van der Waals surface area contributed by atoms with Gasteiger partial charge in [-0.05, 0) is 57.6 Å². The first-order chi connectivity index (χ1) is 10.2. The third-order valence-corrected chi connectivity index (χ3v) is 4.95. The molecule has 1 aromatic heterocycles. The summed E-state index contributed by atoms with van der Waals surface area (Å²) < 4.78 is 0. The second-order valence-electron chi connectivity index (χ2n) is 5.87. The van der Waals surface area contributed by atoms with Crippen LogP contribution >= 0.6 is 11.3 Å². The summed E-state index contributed by atoms with van der Waals surface area (Å²) in [6, 6.07) is 4.57. The second-order valence-corrected chi connectivity index (χ2v) is 6.85. The molecule has 1 aliphatic heterocycles. The average molecular weight is 308 g/mol. The van der Waals surface area contributed by atoms with E-state index in [1.807, 2.05) is 0 Å². The van der Waals surface area contributed by atoms with E-state index in [1.54, 1.807) is 11.3 Å². The van der Waals surface area contributed by atoms with Gasteiger partial charge in [0, 0.05) is 24.5 Å². The largest absolute Gasteiger partial charge is 0.357 e. The minimum absolute atomic E-state index is 0.303. The molecule has 0 aliphatic carbocycles. The van der Waals surface area contributed by atoms with Gasteiger partial charge < -0.3 is 15.5 Å². The predicted octanol–water partition coefficient (Wildman–Crippen LogP) is 2.71. The number of guanidine groups is 1. The van der Waals surface area contributed by atoms with Crippen LogP contribution in [0.25, 0.3) is 0 Å². The zero-order chi connectivity index (χ0) is 15.1. The van der Waals surface area contributed by atoms with Crippen LogP contribution < -0.4 is 10.6 Å². The van der Waals surface area contributed by atoms with Gasteiger partial charge in [-0.3, -0.25) is 4.99 Å². The molecule has 0 spiro atoms. The van der Waals surface area contributed by atoms with Crippen LogP contribution in [-0.2, 0) is 0 Å². The van der Waals surface area contributed by atoms with E-state index in [0.717, 1.165) is 19.0 Å². The van der Waals surface area contributed by atoms with Crippen molar-refractivity contribution in [3.63, 3.8) is 0 Å². The van der Waals surface area contributed by atoms with Gasteiger partial charge in [0.05, 0.1) is 6.04 Å². The molecule has 2 unspecified atom stereocenters. The van der Waals surface area contributed by atoms with Gasteiger partial charge in [0.1, 0.15) is 0 Å². The molecule has 0 aromatic carbocycles. The average Bonchev–Trinajstić information content (AvgIpc) is 2.99. The number of nitrogens with one attached hydrogen (secondary N) is 2. The van der Waals surface area contributed by atoms with Crippen LogP contribution in [0.5, 0.6) is 0 Å². The number of aliphatic imine (C=N–C) groups is 1. The molecule has 1 fully saturated rings. The Labute approximate surface area is 132 Å². The van der Waals surface area contributed by atoms with Crippen LogP contribution in [0.4, 0.5) is 0 Å². The van der Waals surface area contributed by atoms with E-state index in [-0.39, 0.29) is 0 Å². The molecule has 1 aromatic rings. The van der Waals surface area contributed by atoms with E-state index in [9.17, 15) is 0 Å². The summed E-state index contributed by atoms with van der Waals surface area (Å²) in [7, 11) is 2.21. The molecule has 5 heteroatoms. The number of nitrogens with zero attached hydrogens (tertiary/aromatic N) is 2. The van der Waals surface area contributed by atoms with Gasteiger partial charge >= 0.3 is 0 Å². The molecule has 0 saturated carbocycles. The monoisotopic (exact) mass is 308 g/mol. The summed E-state index contributed by atoms with van der Waals surface area (Å²) >= 11 is 1.79. The van der Waals surface area contributed by atoms with Crippen molar-refractivity contribution in [3.05, 3.63) is 22.4 Å². The number of rotatable bonds is 5. The highest BCUT2D eigenvalue weighted by Gasteiger charge is 2.17. The Balaban J connectivity index is 1.89. The fourth-order valence-electron chi connectivity index (χ4n) is 2.78. The highest BCUT2D eigenvalue weighted by Crippen LogP contribution is 2.18. The molecule has 2 rings (SSSR count). The number of thiophene rings is 1. The maximum Gasteiger partial charge on any atom is 0.191 e. The lowest BCUT2D eigenvalue weighted by Gasteiger charge is -2.28. The van der Waals surface area contributed by atoms with Crippen molar-refractivity contribution in [3.8, 4) is 0 Å². The summed E-state index contributed by atoms with van der Waals surface area (Å²) in [6.07, 6.45) is 2.60. The quantitative estimate of drug-likeness (QED) is 0.649. The van der Waals surface area contributed by atoms with Crippen molar-refractivity contribution < 1.29 is 0 Å². The van der Waals surface area contributed by atoms with Crippen LogP contribution in [0.1, 0.15) is 37.6 Å². The number of piperidine rings is 1. The lowest BCUT2D eigenvalue weighted by molar-refractivity contribution is 0.214. The molecule has 2 atom stereocenters.